The van der Waals surface area contributed by atoms with Gasteiger partial charge in [-0.25, -0.2) is 0 Å². The lowest BCUT2D eigenvalue weighted by Crippen LogP contribution is -2.23. The molecule has 4 nitrogen and oxygen atoms in total. The number of aryl methyl sites for hydroxylation is 1. The molecule has 0 aliphatic heterocycles. The lowest BCUT2D eigenvalue weighted by molar-refractivity contribution is 0.0921. The van der Waals surface area contributed by atoms with E-state index in [0.29, 0.717) is 24.7 Å². The molecular weight excluding hydrogens is 434 g/mol. The second-order valence-corrected chi connectivity index (χ2v) is 9.93. The summed E-state index contributed by atoms with van der Waals surface area (Å²) in [7, 11) is 0. The van der Waals surface area contributed by atoms with Crippen molar-refractivity contribution in [1.82, 2.24) is 5.32 Å². The minimum Gasteiger partial charge on any atom is -0.486 e. The molecular formula is C31H49NO3. The highest BCUT2D eigenvalue weighted by Crippen LogP contribution is 2.16. The second kappa shape index (κ2) is 19.0. The molecule has 196 valence electrons. The second-order valence-electron chi connectivity index (χ2n) is 9.93. The fourth-order valence-corrected chi connectivity index (χ4v) is 4.40. The van der Waals surface area contributed by atoms with Gasteiger partial charge in [-0.1, -0.05) is 115 Å². The fraction of sp³-hybridized carbons (Fsp3) is 0.645. The van der Waals surface area contributed by atoms with Crippen LogP contribution in [0.1, 0.15) is 132 Å². The summed E-state index contributed by atoms with van der Waals surface area (Å²) in [6.45, 7) is 5.33. The number of amides is 1. The first-order valence-corrected chi connectivity index (χ1v) is 14.3. The first-order valence-electron chi connectivity index (χ1n) is 14.3. The normalized spacial score (nSPS) is 11.0. The minimum absolute atomic E-state index is 0.146. The summed E-state index contributed by atoms with van der Waals surface area (Å²) >= 11 is 0. The van der Waals surface area contributed by atoms with Gasteiger partial charge in [0.2, 0.25) is 0 Å². The molecule has 0 fully saturated rings. The van der Waals surface area contributed by atoms with Crippen molar-refractivity contribution in [2.45, 2.75) is 123 Å². The van der Waals surface area contributed by atoms with Crippen LogP contribution in [0, 0.1) is 6.92 Å². The Morgan fingerprint density at radius 1 is 0.771 bits per heavy atom. The van der Waals surface area contributed by atoms with Crippen molar-refractivity contribution in [3.05, 3.63) is 53.5 Å². The van der Waals surface area contributed by atoms with Gasteiger partial charge in [0.25, 0.3) is 5.91 Å². The number of carbonyl (C=O) groups excluding carboxylic acids is 1. The molecule has 1 heterocycles. The number of rotatable bonds is 21. The first-order chi connectivity index (χ1) is 17.2. The third kappa shape index (κ3) is 14.0. The van der Waals surface area contributed by atoms with Gasteiger partial charge in [-0.15, -0.1) is 0 Å². The number of benzene rings is 1. The van der Waals surface area contributed by atoms with Crippen molar-refractivity contribution in [1.29, 1.82) is 0 Å². The van der Waals surface area contributed by atoms with Gasteiger partial charge in [0.1, 0.15) is 18.1 Å². The van der Waals surface area contributed by atoms with E-state index >= 15 is 0 Å². The average molecular weight is 484 g/mol. The Morgan fingerprint density at radius 3 is 1.91 bits per heavy atom. The van der Waals surface area contributed by atoms with E-state index in [1.54, 1.807) is 12.1 Å². The van der Waals surface area contributed by atoms with E-state index in [4.69, 9.17) is 9.15 Å². The Bertz CT molecular complexity index is 798. The summed E-state index contributed by atoms with van der Waals surface area (Å²) in [5.41, 5.74) is 1.15. The molecule has 0 radical (unpaired) electrons. The Balaban J connectivity index is 1.39. The van der Waals surface area contributed by atoms with Crippen LogP contribution in [-0.4, -0.2) is 12.5 Å². The molecule has 0 aliphatic rings. The Kier molecular flexibility index (Phi) is 15.8. The van der Waals surface area contributed by atoms with E-state index in [1.165, 1.54) is 96.3 Å². The molecule has 1 aromatic heterocycles. The third-order valence-corrected chi connectivity index (χ3v) is 6.57. The standard InChI is InChI=1S/C31H49NO3/c1-3-4-5-6-7-8-9-10-11-12-13-14-15-16-17-18-24-32-31(33)30-23-22-29(35-30)26-34-28-21-19-20-27(2)25-28/h19-23,25H,3-18,24,26H2,1-2H3,(H,32,33). The summed E-state index contributed by atoms with van der Waals surface area (Å²) in [6, 6.07) is 11.4. The van der Waals surface area contributed by atoms with Gasteiger partial charge in [-0.2, -0.15) is 0 Å². The summed E-state index contributed by atoms with van der Waals surface area (Å²) in [5.74, 6) is 1.66. The zero-order chi connectivity index (χ0) is 25.0. The topological polar surface area (TPSA) is 51.5 Å². The molecule has 1 N–H and O–H groups in total. The van der Waals surface area contributed by atoms with Crippen molar-refractivity contribution in [3.8, 4) is 5.75 Å². The Hall–Kier alpha value is -2.23. The quantitative estimate of drug-likeness (QED) is 0.180. The smallest absolute Gasteiger partial charge is 0.286 e. The fourth-order valence-electron chi connectivity index (χ4n) is 4.40. The number of ether oxygens (including phenoxy) is 1. The summed E-state index contributed by atoms with van der Waals surface area (Å²) in [4.78, 5) is 12.3. The first kappa shape index (κ1) is 29.0. The van der Waals surface area contributed by atoms with Gasteiger partial charge in [-0.3, -0.25) is 4.79 Å². The van der Waals surface area contributed by atoms with Crippen molar-refractivity contribution in [3.63, 3.8) is 0 Å². The minimum atomic E-state index is -0.146. The zero-order valence-corrected chi connectivity index (χ0v) is 22.4. The third-order valence-electron chi connectivity index (χ3n) is 6.57. The number of furan rings is 1. The maximum Gasteiger partial charge on any atom is 0.286 e. The Labute approximate surface area is 214 Å². The number of hydrogen-bond donors (Lipinski definition) is 1. The van der Waals surface area contributed by atoms with Crippen LogP contribution < -0.4 is 10.1 Å². The van der Waals surface area contributed by atoms with Crippen LogP contribution in [-0.2, 0) is 6.61 Å². The van der Waals surface area contributed by atoms with Crippen LogP contribution in [0.25, 0.3) is 0 Å². The molecule has 0 saturated carbocycles. The zero-order valence-electron chi connectivity index (χ0n) is 22.4. The van der Waals surface area contributed by atoms with Gasteiger partial charge in [-0.05, 0) is 43.2 Å². The number of nitrogens with one attached hydrogen (secondary N) is 1. The maximum absolute atomic E-state index is 12.3. The molecule has 35 heavy (non-hydrogen) atoms. The van der Waals surface area contributed by atoms with Crippen LogP contribution in [0.15, 0.2) is 40.8 Å². The van der Waals surface area contributed by atoms with Crippen LogP contribution in [0.3, 0.4) is 0 Å². The molecule has 0 spiro atoms. The maximum atomic E-state index is 12.3. The van der Waals surface area contributed by atoms with E-state index in [2.05, 4.69) is 12.2 Å². The van der Waals surface area contributed by atoms with Crippen LogP contribution in [0.2, 0.25) is 0 Å². The highest BCUT2D eigenvalue weighted by Gasteiger charge is 2.11. The predicted octanol–water partition coefficient (Wildman–Crippen LogP) is 9.16. The van der Waals surface area contributed by atoms with Gasteiger partial charge < -0.3 is 14.5 Å². The van der Waals surface area contributed by atoms with E-state index < -0.39 is 0 Å². The lowest BCUT2D eigenvalue weighted by atomic mass is 10.0. The number of unbranched alkanes of at least 4 members (excludes halogenated alkanes) is 15. The molecule has 0 bridgehead atoms. The number of carbonyl (C=O) groups is 1. The molecule has 1 aromatic carbocycles. The predicted molar refractivity (Wildman–Crippen MR) is 146 cm³/mol. The van der Waals surface area contributed by atoms with Crippen molar-refractivity contribution in [2.75, 3.05) is 6.54 Å². The number of hydrogen-bond acceptors (Lipinski definition) is 3. The van der Waals surface area contributed by atoms with Crippen LogP contribution >= 0.6 is 0 Å². The highest BCUT2D eigenvalue weighted by molar-refractivity contribution is 5.91. The van der Waals surface area contributed by atoms with Crippen molar-refractivity contribution in [2.24, 2.45) is 0 Å². The Morgan fingerprint density at radius 2 is 1.34 bits per heavy atom. The van der Waals surface area contributed by atoms with Gasteiger partial charge >= 0.3 is 0 Å². The van der Waals surface area contributed by atoms with E-state index in [9.17, 15) is 4.79 Å². The largest absolute Gasteiger partial charge is 0.486 e. The summed E-state index contributed by atoms with van der Waals surface area (Å²) in [5, 5.41) is 2.97. The lowest BCUT2D eigenvalue weighted by Gasteiger charge is -2.05. The van der Waals surface area contributed by atoms with Crippen molar-refractivity contribution >= 4 is 5.91 Å². The molecule has 1 amide bonds. The van der Waals surface area contributed by atoms with Gasteiger partial charge in [0.15, 0.2) is 5.76 Å². The molecule has 0 aliphatic carbocycles. The van der Waals surface area contributed by atoms with Crippen LogP contribution in [0.4, 0.5) is 0 Å². The molecule has 0 atom stereocenters. The van der Waals surface area contributed by atoms with Crippen LogP contribution in [0.5, 0.6) is 5.75 Å². The molecule has 2 rings (SSSR count). The SMILES string of the molecule is CCCCCCCCCCCCCCCCCCNC(=O)c1ccc(COc2cccc(C)c2)o1. The van der Waals surface area contributed by atoms with E-state index in [1.807, 2.05) is 31.2 Å². The van der Waals surface area contributed by atoms with E-state index in [-0.39, 0.29) is 5.91 Å². The molecule has 2 aromatic rings. The highest BCUT2D eigenvalue weighted by atomic mass is 16.5. The summed E-state index contributed by atoms with van der Waals surface area (Å²) < 4.78 is 11.4. The molecule has 4 heteroatoms. The average Bonchev–Trinajstić information content (AvgIpc) is 3.34. The van der Waals surface area contributed by atoms with Gasteiger partial charge in [0, 0.05) is 6.54 Å². The monoisotopic (exact) mass is 483 g/mol. The molecule has 0 saturated heterocycles. The summed E-state index contributed by atoms with van der Waals surface area (Å²) in [6.07, 6.45) is 21.6. The van der Waals surface area contributed by atoms with Crippen molar-refractivity contribution < 1.29 is 13.9 Å². The van der Waals surface area contributed by atoms with E-state index in [0.717, 1.165) is 17.7 Å². The van der Waals surface area contributed by atoms with Gasteiger partial charge in [0.05, 0.1) is 0 Å². The molecule has 0 unspecified atom stereocenters.